The number of rotatable bonds is 12. The molecule has 0 aliphatic rings. The zero-order valence-electron chi connectivity index (χ0n) is 23.5. The second-order valence-corrected chi connectivity index (χ2v) is 11.7. The van der Waals surface area contributed by atoms with Crippen LogP contribution in [0.4, 0.5) is 5.69 Å². The average molecular weight is 550 g/mol. The summed E-state index contributed by atoms with van der Waals surface area (Å²) < 4.78 is 28.9. The second-order valence-electron chi connectivity index (χ2n) is 9.82. The zero-order valence-corrected chi connectivity index (χ0v) is 24.3. The van der Waals surface area contributed by atoms with E-state index in [9.17, 15) is 18.0 Å². The van der Waals surface area contributed by atoms with Crippen molar-refractivity contribution in [3.8, 4) is 0 Å². The first kappa shape index (κ1) is 29.9. The van der Waals surface area contributed by atoms with E-state index in [0.717, 1.165) is 33.0 Å². The van der Waals surface area contributed by atoms with Gasteiger partial charge in [0.2, 0.25) is 11.8 Å². The SMILES string of the molecule is CCCNC(=O)[C@@H](CC)N(Cc1ccc(C)cc1)C(=O)CN(c1ccc(C)c(C)c1)S(=O)(=O)c1ccccc1. The van der Waals surface area contributed by atoms with E-state index in [-0.39, 0.29) is 17.3 Å². The molecule has 0 unspecified atom stereocenters. The quantitative estimate of drug-likeness (QED) is 0.339. The van der Waals surface area contributed by atoms with Gasteiger partial charge in [-0.15, -0.1) is 0 Å². The minimum absolute atomic E-state index is 0.0915. The van der Waals surface area contributed by atoms with Crippen molar-refractivity contribution in [2.75, 3.05) is 17.4 Å². The molecule has 208 valence electrons. The van der Waals surface area contributed by atoms with Crippen LogP contribution in [0.15, 0.2) is 77.7 Å². The lowest BCUT2D eigenvalue weighted by Gasteiger charge is -2.33. The van der Waals surface area contributed by atoms with Gasteiger partial charge in [0.05, 0.1) is 10.6 Å². The molecular weight excluding hydrogens is 510 g/mol. The topological polar surface area (TPSA) is 86.8 Å². The van der Waals surface area contributed by atoms with Gasteiger partial charge in [-0.25, -0.2) is 8.42 Å². The van der Waals surface area contributed by atoms with E-state index in [1.54, 1.807) is 30.3 Å². The van der Waals surface area contributed by atoms with Gasteiger partial charge in [0.1, 0.15) is 12.6 Å². The van der Waals surface area contributed by atoms with Gasteiger partial charge in [-0.1, -0.05) is 67.9 Å². The summed E-state index contributed by atoms with van der Waals surface area (Å²) in [4.78, 5) is 28.8. The molecule has 0 heterocycles. The summed E-state index contributed by atoms with van der Waals surface area (Å²) in [7, 11) is -4.07. The molecule has 2 amide bonds. The molecule has 0 saturated carbocycles. The van der Waals surface area contributed by atoms with Gasteiger partial charge < -0.3 is 10.2 Å². The van der Waals surface area contributed by atoms with Gasteiger partial charge in [0.15, 0.2) is 0 Å². The normalized spacial score (nSPS) is 12.0. The first-order valence-corrected chi connectivity index (χ1v) is 14.8. The molecule has 3 aromatic carbocycles. The van der Waals surface area contributed by atoms with Gasteiger partial charge in [0.25, 0.3) is 10.0 Å². The third-order valence-electron chi connectivity index (χ3n) is 6.80. The summed E-state index contributed by atoms with van der Waals surface area (Å²) in [6, 6.07) is 20.4. The predicted octanol–water partition coefficient (Wildman–Crippen LogP) is 5.14. The molecule has 39 heavy (non-hydrogen) atoms. The van der Waals surface area contributed by atoms with Crippen molar-refractivity contribution in [2.45, 2.75) is 64.9 Å². The van der Waals surface area contributed by atoms with Crippen LogP contribution in [0.25, 0.3) is 0 Å². The fourth-order valence-electron chi connectivity index (χ4n) is 4.30. The average Bonchev–Trinajstić information content (AvgIpc) is 2.93. The van der Waals surface area contributed by atoms with Crippen LogP contribution in [0.5, 0.6) is 0 Å². The molecular formula is C31H39N3O4S. The molecule has 8 heteroatoms. The highest BCUT2D eigenvalue weighted by Crippen LogP contribution is 2.26. The van der Waals surface area contributed by atoms with E-state index in [1.807, 2.05) is 65.0 Å². The van der Waals surface area contributed by atoms with Crippen LogP contribution in [0.3, 0.4) is 0 Å². The number of hydrogen-bond donors (Lipinski definition) is 1. The van der Waals surface area contributed by atoms with E-state index in [1.165, 1.54) is 17.0 Å². The third kappa shape index (κ3) is 7.47. The number of carbonyl (C=O) groups is 2. The summed E-state index contributed by atoms with van der Waals surface area (Å²) in [6.45, 7) is 9.90. The summed E-state index contributed by atoms with van der Waals surface area (Å²) in [5, 5.41) is 2.90. The Kier molecular flexibility index (Phi) is 10.3. The highest BCUT2D eigenvalue weighted by atomic mass is 32.2. The van der Waals surface area contributed by atoms with E-state index >= 15 is 0 Å². The molecule has 0 fully saturated rings. The molecule has 1 N–H and O–H groups in total. The molecule has 0 aliphatic heterocycles. The molecule has 3 rings (SSSR count). The van der Waals surface area contributed by atoms with Crippen molar-refractivity contribution < 1.29 is 18.0 Å². The largest absolute Gasteiger partial charge is 0.354 e. The lowest BCUT2D eigenvalue weighted by molar-refractivity contribution is -0.140. The molecule has 0 spiro atoms. The Labute approximate surface area is 232 Å². The molecule has 3 aromatic rings. The lowest BCUT2D eigenvalue weighted by atomic mass is 10.1. The van der Waals surface area contributed by atoms with Crippen LogP contribution in [0, 0.1) is 20.8 Å². The molecule has 0 aromatic heterocycles. The minimum atomic E-state index is -4.07. The number of anilines is 1. The maximum Gasteiger partial charge on any atom is 0.264 e. The smallest absolute Gasteiger partial charge is 0.264 e. The van der Waals surface area contributed by atoms with Crippen molar-refractivity contribution in [1.82, 2.24) is 10.2 Å². The Balaban J connectivity index is 2.06. The fourth-order valence-corrected chi connectivity index (χ4v) is 5.73. The second kappa shape index (κ2) is 13.4. The Morgan fingerprint density at radius 1 is 0.872 bits per heavy atom. The Morgan fingerprint density at radius 3 is 2.13 bits per heavy atom. The van der Waals surface area contributed by atoms with Crippen molar-refractivity contribution in [2.24, 2.45) is 0 Å². The Hall–Kier alpha value is -3.65. The van der Waals surface area contributed by atoms with Crippen molar-refractivity contribution in [1.29, 1.82) is 0 Å². The summed E-state index contributed by atoms with van der Waals surface area (Å²) >= 11 is 0. The Morgan fingerprint density at radius 2 is 1.54 bits per heavy atom. The summed E-state index contributed by atoms with van der Waals surface area (Å²) in [5.41, 5.74) is 4.27. The first-order chi connectivity index (χ1) is 18.6. The molecule has 0 radical (unpaired) electrons. The summed E-state index contributed by atoms with van der Waals surface area (Å²) in [5.74, 6) is -0.699. The number of nitrogens with zero attached hydrogens (tertiary/aromatic N) is 2. The van der Waals surface area contributed by atoms with E-state index in [0.29, 0.717) is 18.7 Å². The van der Waals surface area contributed by atoms with E-state index in [2.05, 4.69) is 5.32 Å². The number of carbonyl (C=O) groups excluding carboxylic acids is 2. The van der Waals surface area contributed by atoms with Crippen LogP contribution >= 0.6 is 0 Å². The number of amides is 2. The molecule has 0 aliphatic carbocycles. The van der Waals surface area contributed by atoms with Crippen LogP contribution in [0.1, 0.15) is 48.9 Å². The zero-order chi connectivity index (χ0) is 28.6. The first-order valence-electron chi connectivity index (χ1n) is 13.4. The van der Waals surface area contributed by atoms with Gasteiger partial charge in [-0.2, -0.15) is 0 Å². The standard InChI is InChI=1S/C31H39N3O4S/c1-6-19-32-31(36)29(7-2)33(21-26-16-13-23(3)14-17-26)30(35)22-34(27-18-15-24(4)25(5)20-27)39(37,38)28-11-9-8-10-12-28/h8-18,20,29H,6-7,19,21-22H2,1-5H3,(H,32,36)/t29-/m1/s1. The van der Waals surface area contributed by atoms with Crippen LogP contribution in [-0.4, -0.2) is 44.3 Å². The molecule has 7 nitrogen and oxygen atoms in total. The summed E-state index contributed by atoms with van der Waals surface area (Å²) in [6.07, 6.45) is 1.16. The highest BCUT2D eigenvalue weighted by Gasteiger charge is 2.33. The van der Waals surface area contributed by atoms with Crippen molar-refractivity contribution in [3.05, 3.63) is 95.1 Å². The van der Waals surface area contributed by atoms with Crippen molar-refractivity contribution >= 4 is 27.5 Å². The number of hydrogen-bond acceptors (Lipinski definition) is 4. The Bertz CT molecular complexity index is 1370. The van der Waals surface area contributed by atoms with Gasteiger partial charge >= 0.3 is 0 Å². The van der Waals surface area contributed by atoms with Crippen molar-refractivity contribution in [3.63, 3.8) is 0 Å². The van der Waals surface area contributed by atoms with Gasteiger partial charge in [-0.05, 0) is 74.6 Å². The monoisotopic (exact) mass is 549 g/mol. The maximum absolute atomic E-state index is 14.0. The van der Waals surface area contributed by atoms with E-state index < -0.39 is 28.5 Å². The minimum Gasteiger partial charge on any atom is -0.354 e. The molecule has 0 saturated heterocycles. The molecule has 0 bridgehead atoms. The number of benzene rings is 3. The van der Waals surface area contributed by atoms with Gasteiger partial charge in [0, 0.05) is 13.1 Å². The van der Waals surface area contributed by atoms with Gasteiger partial charge in [-0.3, -0.25) is 13.9 Å². The lowest BCUT2D eigenvalue weighted by Crippen LogP contribution is -2.52. The van der Waals surface area contributed by atoms with Crippen LogP contribution in [-0.2, 0) is 26.2 Å². The third-order valence-corrected chi connectivity index (χ3v) is 8.59. The number of sulfonamides is 1. The fraction of sp³-hybridized carbons (Fsp3) is 0.355. The number of nitrogens with one attached hydrogen (secondary N) is 1. The highest BCUT2D eigenvalue weighted by molar-refractivity contribution is 7.92. The van der Waals surface area contributed by atoms with Crippen LogP contribution < -0.4 is 9.62 Å². The van der Waals surface area contributed by atoms with Crippen LogP contribution in [0.2, 0.25) is 0 Å². The maximum atomic E-state index is 14.0. The van der Waals surface area contributed by atoms with E-state index in [4.69, 9.17) is 0 Å². The molecule has 1 atom stereocenters. The predicted molar refractivity (Wildman–Crippen MR) is 156 cm³/mol. The number of aryl methyl sites for hydroxylation is 3.